The first-order chi connectivity index (χ1) is 4.24. The van der Waals surface area contributed by atoms with Gasteiger partial charge in [-0.2, -0.15) is 0 Å². The first-order valence-electron chi connectivity index (χ1n) is 3.09. The Morgan fingerprint density at radius 3 is 2.78 bits per heavy atom. The van der Waals surface area contributed by atoms with E-state index in [9.17, 15) is 4.79 Å². The van der Waals surface area contributed by atoms with Crippen molar-refractivity contribution in [3.63, 3.8) is 0 Å². The number of aliphatic hydroxyl groups is 1. The van der Waals surface area contributed by atoms with Crippen LogP contribution in [0.1, 0.15) is 6.42 Å². The summed E-state index contributed by atoms with van der Waals surface area (Å²) in [5, 5.41) is 8.62. The third kappa shape index (κ3) is 1.21. The zero-order chi connectivity index (χ0) is 6.85. The summed E-state index contributed by atoms with van der Waals surface area (Å²) >= 11 is 0. The number of aliphatic hydroxyl groups excluding tert-OH is 1. The van der Waals surface area contributed by atoms with Gasteiger partial charge in [0.2, 0.25) is 5.91 Å². The molecule has 0 bridgehead atoms. The van der Waals surface area contributed by atoms with E-state index in [1.807, 2.05) is 0 Å². The van der Waals surface area contributed by atoms with Crippen LogP contribution in [-0.4, -0.2) is 36.1 Å². The second-order valence-electron chi connectivity index (χ2n) is 2.53. The van der Waals surface area contributed by atoms with E-state index >= 15 is 0 Å². The van der Waals surface area contributed by atoms with Gasteiger partial charge in [-0.15, -0.1) is 0 Å². The molecular formula is C6H11NO2. The maximum absolute atomic E-state index is 10.8. The molecule has 1 rings (SSSR count). The summed E-state index contributed by atoms with van der Waals surface area (Å²) in [6, 6.07) is 0. The molecule has 0 aliphatic carbocycles. The van der Waals surface area contributed by atoms with Crippen LogP contribution in [0.5, 0.6) is 0 Å². The Balaban J connectivity index is 2.44. The molecule has 1 aliphatic heterocycles. The normalized spacial score (nSPS) is 27.6. The van der Waals surface area contributed by atoms with Crippen LogP contribution >= 0.6 is 0 Å². The highest BCUT2D eigenvalue weighted by atomic mass is 16.3. The monoisotopic (exact) mass is 129 g/mol. The highest BCUT2D eigenvalue weighted by molar-refractivity contribution is 5.78. The van der Waals surface area contributed by atoms with Crippen LogP contribution in [0, 0.1) is 5.92 Å². The third-order valence-electron chi connectivity index (χ3n) is 1.68. The molecule has 52 valence electrons. The van der Waals surface area contributed by atoms with E-state index in [-0.39, 0.29) is 18.4 Å². The van der Waals surface area contributed by atoms with Gasteiger partial charge >= 0.3 is 0 Å². The largest absolute Gasteiger partial charge is 0.396 e. The molecule has 0 aromatic carbocycles. The van der Waals surface area contributed by atoms with E-state index < -0.39 is 0 Å². The summed E-state index contributed by atoms with van der Waals surface area (Å²) in [7, 11) is 1.76. The van der Waals surface area contributed by atoms with Crippen LogP contribution in [0.15, 0.2) is 0 Å². The van der Waals surface area contributed by atoms with Gasteiger partial charge in [-0.05, 0) is 0 Å². The maximum Gasteiger partial charge on any atom is 0.222 e. The van der Waals surface area contributed by atoms with E-state index in [1.54, 1.807) is 11.9 Å². The summed E-state index contributed by atoms with van der Waals surface area (Å²) < 4.78 is 0. The highest BCUT2D eigenvalue weighted by Gasteiger charge is 2.25. The Kier molecular flexibility index (Phi) is 1.71. The Hall–Kier alpha value is -0.570. The van der Waals surface area contributed by atoms with Crippen molar-refractivity contribution in [1.82, 2.24) is 4.90 Å². The molecule has 1 N–H and O–H groups in total. The van der Waals surface area contributed by atoms with Crippen molar-refractivity contribution in [1.29, 1.82) is 0 Å². The zero-order valence-corrected chi connectivity index (χ0v) is 5.50. The lowest BCUT2D eigenvalue weighted by atomic mass is 10.1. The number of rotatable bonds is 1. The van der Waals surface area contributed by atoms with E-state index in [0.29, 0.717) is 6.42 Å². The van der Waals surface area contributed by atoms with Crippen LogP contribution < -0.4 is 0 Å². The van der Waals surface area contributed by atoms with E-state index in [4.69, 9.17) is 5.11 Å². The fourth-order valence-corrected chi connectivity index (χ4v) is 1.08. The minimum absolute atomic E-state index is 0.135. The Morgan fingerprint density at radius 2 is 2.56 bits per heavy atom. The average molecular weight is 129 g/mol. The van der Waals surface area contributed by atoms with Gasteiger partial charge < -0.3 is 10.0 Å². The van der Waals surface area contributed by atoms with Gasteiger partial charge in [0.05, 0.1) is 0 Å². The van der Waals surface area contributed by atoms with Gasteiger partial charge in [-0.1, -0.05) is 0 Å². The average Bonchev–Trinajstić information content (AvgIpc) is 2.13. The predicted octanol–water partition coefficient (Wildman–Crippen LogP) is -0.543. The van der Waals surface area contributed by atoms with Crippen molar-refractivity contribution in [2.45, 2.75) is 6.42 Å². The highest BCUT2D eigenvalue weighted by Crippen LogP contribution is 2.13. The molecule has 3 nitrogen and oxygen atoms in total. The Morgan fingerprint density at radius 1 is 1.89 bits per heavy atom. The van der Waals surface area contributed by atoms with Crippen LogP contribution in [0.3, 0.4) is 0 Å². The molecule has 1 fully saturated rings. The van der Waals surface area contributed by atoms with Crippen LogP contribution in [0.25, 0.3) is 0 Å². The molecular weight excluding hydrogens is 118 g/mol. The zero-order valence-electron chi connectivity index (χ0n) is 5.50. The number of hydrogen-bond acceptors (Lipinski definition) is 2. The molecule has 9 heavy (non-hydrogen) atoms. The summed E-state index contributed by atoms with van der Waals surface area (Å²) in [6.45, 7) is 0.853. The summed E-state index contributed by atoms with van der Waals surface area (Å²) in [4.78, 5) is 12.4. The molecule has 1 aliphatic rings. The maximum atomic E-state index is 10.8. The van der Waals surface area contributed by atoms with Crippen molar-refractivity contribution in [2.24, 2.45) is 5.92 Å². The molecule has 1 saturated heterocycles. The van der Waals surface area contributed by atoms with Crippen LogP contribution in [0.4, 0.5) is 0 Å². The molecule has 0 radical (unpaired) electrons. The number of likely N-dealkylation sites (tertiary alicyclic amines) is 1. The van der Waals surface area contributed by atoms with Crippen LogP contribution in [0.2, 0.25) is 0 Å². The van der Waals surface area contributed by atoms with Crippen molar-refractivity contribution in [2.75, 3.05) is 20.2 Å². The molecule has 0 saturated carbocycles. The Bertz CT molecular complexity index is 124. The second-order valence-corrected chi connectivity index (χ2v) is 2.53. The number of hydrogen-bond donors (Lipinski definition) is 1. The Labute approximate surface area is 54.3 Å². The molecule has 1 heterocycles. The molecule has 0 aromatic heterocycles. The van der Waals surface area contributed by atoms with Gasteiger partial charge in [0.15, 0.2) is 0 Å². The summed E-state index contributed by atoms with van der Waals surface area (Å²) in [5.41, 5.74) is 0. The first-order valence-corrected chi connectivity index (χ1v) is 3.09. The summed E-state index contributed by atoms with van der Waals surface area (Å²) in [6.07, 6.45) is 0.521. The standard InChI is InChI=1S/C6H11NO2/c1-7-3-5(4-8)2-6(7)9/h5,8H,2-4H2,1H3. The molecule has 1 unspecified atom stereocenters. The first kappa shape index (κ1) is 6.55. The predicted molar refractivity (Wildman–Crippen MR) is 32.8 cm³/mol. The van der Waals surface area contributed by atoms with Crippen molar-refractivity contribution < 1.29 is 9.90 Å². The van der Waals surface area contributed by atoms with E-state index in [0.717, 1.165) is 6.54 Å². The topological polar surface area (TPSA) is 40.5 Å². The van der Waals surface area contributed by atoms with Crippen molar-refractivity contribution in [3.05, 3.63) is 0 Å². The van der Waals surface area contributed by atoms with Crippen LogP contribution in [-0.2, 0) is 4.79 Å². The quantitative estimate of drug-likeness (QED) is 0.516. The number of carbonyl (C=O) groups excluding carboxylic acids is 1. The summed E-state index contributed by atoms with van der Waals surface area (Å²) in [5.74, 6) is 0.330. The van der Waals surface area contributed by atoms with Gasteiger partial charge in [-0.25, -0.2) is 0 Å². The lowest BCUT2D eigenvalue weighted by molar-refractivity contribution is -0.126. The van der Waals surface area contributed by atoms with Gasteiger partial charge in [0.1, 0.15) is 0 Å². The molecule has 3 heteroatoms. The molecule has 0 spiro atoms. The SMILES string of the molecule is CN1CC(CO)CC1=O. The molecule has 0 aromatic rings. The molecule has 1 atom stereocenters. The van der Waals surface area contributed by atoms with Gasteiger partial charge in [0, 0.05) is 32.5 Å². The minimum Gasteiger partial charge on any atom is -0.396 e. The fraction of sp³-hybridized carbons (Fsp3) is 0.833. The lowest BCUT2D eigenvalue weighted by Crippen LogP contribution is -2.19. The van der Waals surface area contributed by atoms with E-state index in [1.165, 1.54) is 0 Å². The number of carbonyl (C=O) groups is 1. The van der Waals surface area contributed by atoms with Crippen molar-refractivity contribution in [3.8, 4) is 0 Å². The number of nitrogens with zero attached hydrogens (tertiary/aromatic N) is 1. The second kappa shape index (κ2) is 2.35. The van der Waals surface area contributed by atoms with E-state index in [2.05, 4.69) is 0 Å². The minimum atomic E-state index is 0.135. The lowest BCUT2D eigenvalue weighted by Gasteiger charge is -2.06. The van der Waals surface area contributed by atoms with Gasteiger partial charge in [-0.3, -0.25) is 4.79 Å². The molecule has 1 amide bonds. The smallest absolute Gasteiger partial charge is 0.222 e. The third-order valence-corrected chi connectivity index (χ3v) is 1.68. The number of amides is 1. The fourth-order valence-electron chi connectivity index (χ4n) is 1.08. The van der Waals surface area contributed by atoms with Gasteiger partial charge in [0.25, 0.3) is 0 Å². The van der Waals surface area contributed by atoms with Crippen molar-refractivity contribution >= 4 is 5.91 Å².